The molecule has 1 amide bonds. The van der Waals surface area contributed by atoms with Crippen molar-refractivity contribution in [2.75, 3.05) is 55.1 Å². The number of alkyl halides is 1. The fourth-order valence-corrected chi connectivity index (χ4v) is 5.00. The van der Waals surface area contributed by atoms with Crippen molar-refractivity contribution >= 4 is 52.0 Å². The number of nitrogens with one attached hydrogen (secondary N) is 3. The molecular weight excluding hydrogens is 580 g/mol. The molecule has 0 bridgehead atoms. The number of aliphatic hydroxyl groups is 1. The average molecular weight is 616 g/mol. The number of anilines is 6. The van der Waals surface area contributed by atoms with Crippen molar-refractivity contribution in [1.29, 1.82) is 0 Å². The average Bonchev–Trinajstić information content (AvgIpc) is 3.45. The van der Waals surface area contributed by atoms with Crippen molar-refractivity contribution in [3.8, 4) is 5.75 Å². The fraction of sp³-hybridized carbons (Fsp3) is 0.367. The molecule has 2 heterocycles. The molecule has 1 fully saturated rings. The number of halogens is 3. The molecule has 230 valence electrons. The first-order chi connectivity index (χ1) is 20.3. The van der Waals surface area contributed by atoms with E-state index in [2.05, 4.69) is 42.3 Å². The van der Waals surface area contributed by atoms with E-state index < -0.39 is 18.1 Å². The van der Waals surface area contributed by atoms with Crippen LogP contribution in [0.2, 0.25) is 5.02 Å². The third-order valence-electron chi connectivity index (χ3n) is 7.22. The molecule has 0 spiro atoms. The number of carbonyl (C=O) groups is 1. The molecule has 0 radical (unpaired) electrons. The molecule has 2 aromatic carbocycles. The molecule has 4 N–H and O–H groups in total. The molecular formula is C30H36ClF2N7O3. The summed E-state index contributed by atoms with van der Waals surface area (Å²) in [5, 5.41) is 19.4. The van der Waals surface area contributed by atoms with Gasteiger partial charge in [-0.2, -0.15) is 4.98 Å². The summed E-state index contributed by atoms with van der Waals surface area (Å²) >= 11 is 6.02. The molecule has 1 atom stereocenters. The minimum Gasteiger partial charge on any atom is -0.494 e. The molecule has 0 aliphatic carbocycles. The number of likely N-dealkylation sites (N-methyl/N-ethyl adjacent to an activating group) is 1. The molecule has 0 saturated carbocycles. The van der Waals surface area contributed by atoms with Crippen molar-refractivity contribution in [2.24, 2.45) is 0 Å². The van der Waals surface area contributed by atoms with Gasteiger partial charge in [0.05, 0.1) is 34.8 Å². The molecule has 1 aromatic heterocycles. The van der Waals surface area contributed by atoms with E-state index in [1.807, 2.05) is 20.2 Å². The number of nitrogens with zero attached hydrogens (tertiary/aromatic N) is 4. The number of rotatable bonds is 11. The smallest absolute Gasteiger partial charge is 0.247 e. The van der Waals surface area contributed by atoms with Gasteiger partial charge in [-0.1, -0.05) is 18.2 Å². The van der Waals surface area contributed by atoms with E-state index in [1.54, 1.807) is 6.07 Å². The molecule has 13 heteroatoms. The first-order valence-corrected chi connectivity index (χ1v) is 14.0. The van der Waals surface area contributed by atoms with E-state index in [1.165, 1.54) is 39.3 Å². The predicted octanol–water partition coefficient (Wildman–Crippen LogP) is 5.73. The van der Waals surface area contributed by atoms with Gasteiger partial charge in [-0.3, -0.25) is 4.79 Å². The SMILES string of the molecule is C=CC(=O)Nc1cc(Nc2ncc(CF)c(Nc3cc(Cl)c(F)cc3C(C)(C)O)n2)c(OC)cc1N1CC[C@@H](N(C)C)C1. The number of hydrogen-bond acceptors (Lipinski definition) is 9. The lowest BCUT2D eigenvalue weighted by Crippen LogP contribution is -2.31. The van der Waals surface area contributed by atoms with Crippen LogP contribution in [-0.2, 0) is 17.1 Å². The fourth-order valence-electron chi connectivity index (χ4n) is 4.84. The molecule has 1 aliphatic heterocycles. The molecule has 43 heavy (non-hydrogen) atoms. The molecule has 4 rings (SSSR count). The quantitative estimate of drug-likeness (QED) is 0.201. The second-order valence-electron chi connectivity index (χ2n) is 10.9. The lowest BCUT2D eigenvalue weighted by Gasteiger charge is -2.25. The Morgan fingerprint density at radius 1 is 1.26 bits per heavy atom. The Hall–Kier alpha value is -4.00. The van der Waals surface area contributed by atoms with Crippen LogP contribution in [0.15, 0.2) is 43.1 Å². The van der Waals surface area contributed by atoms with Crippen LogP contribution in [0.25, 0.3) is 0 Å². The molecule has 0 unspecified atom stereocenters. The van der Waals surface area contributed by atoms with Crippen LogP contribution in [0.3, 0.4) is 0 Å². The van der Waals surface area contributed by atoms with Gasteiger partial charge in [-0.25, -0.2) is 13.8 Å². The summed E-state index contributed by atoms with van der Waals surface area (Å²) in [6, 6.07) is 6.31. The Bertz CT molecular complexity index is 1510. The maximum Gasteiger partial charge on any atom is 0.247 e. The molecule has 1 saturated heterocycles. The summed E-state index contributed by atoms with van der Waals surface area (Å²) in [7, 11) is 5.60. The number of amides is 1. The van der Waals surface area contributed by atoms with E-state index in [0.717, 1.165) is 31.3 Å². The lowest BCUT2D eigenvalue weighted by molar-refractivity contribution is -0.111. The van der Waals surface area contributed by atoms with Crippen LogP contribution in [-0.4, -0.2) is 66.2 Å². The second kappa shape index (κ2) is 13.1. The zero-order valence-corrected chi connectivity index (χ0v) is 25.5. The third-order valence-corrected chi connectivity index (χ3v) is 7.51. The van der Waals surface area contributed by atoms with Crippen LogP contribution in [0.5, 0.6) is 5.75 Å². The zero-order chi connectivity index (χ0) is 31.5. The topological polar surface area (TPSA) is 115 Å². The predicted molar refractivity (Wildman–Crippen MR) is 166 cm³/mol. The maximum absolute atomic E-state index is 14.3. The lowest BCUT2D eigenvalue weighted by atomic mass is 9.96. The summed E-state index contributed by atoms with van der Waals surface area (Å²) in [6.07, 6.45) is 3.46. The van der Waals surface area contributed by atoms with Crippen LogP contribution in [0.1, 0.15) is 31.4 Å². The van der Waals surface area contributed by atoms with Gasteiger partial charge >= 0.3 is 0 Å². The van der Waals surface area contributed by atoms with Gasteiger partial charge in [0.2, 0.25) is 11.9 Å². The minimum atomic E-state index is -1.44. The summed E-state index contributed by atoms with van der Waals surface area (Å²) in [5.41, 5.74) is 0.878. The number of benzene rings is 2. The molecule has 10 nitrogen and oxygen atoms in total. The van der Waals surface area contributed by atoms with Gasteiger partial charge in [-0.05, 0) is 58.6 Å². The van der Waals surface area contributed by atoms with E-state index in [9.17, 15) is 18.7 Å². The van der Waals surface area contributed by atoms with Crippen molar-refractivity contribution < 1.29 is 23.4 Å². The Labute approximate surface area is 254 Å². The summed E-state index contributed by atoms with van der Waals surface area (Å²) < 4.78 is 33.9. The largest absolute Gasteiger partial charge is 0.494 e. The Morgan fingerprint density at radius 2 is 2.00 bits per heavy atom. The normalized spacial score (nSPS) is 15.0. The van der Waals surface area contributed by atoms with Crippen LogP contribution in [0.4, 0.5) is 43.3 Å². The number of aromatic nitrogens is 2. The Kier molecular flexibility index (Phi) is 9.73. The van der Waals surface area contributed by atoms with Crippen molar-refractivity contribution in [2.45, 2.75) is 38.6 Å². The van der Waals surface area contributed by atoms with Crippen LogP contribution < -0.4 is 25.6 Å². The van der Waals surface area contributed by atoms with Gasteiger partial charge in [0.15, 0.2) is 0 Å². The third kappa shape index (κ3) is 7.32. The highest BCUT2D eigenvalue weighted by molar-refractivity contribution is 6.31. The van der Waals surface area contributed by atoms with E-state index in [-0.39, 0.29) is 39.5 Å². The highest BCUT2D eigenvalue weighted by atomic mass is 35.5. The van der Waals surface area contributed by atoms with Crippen LogP contribution >= 0.6 is 11.6 Å². The van der Waals surface area contributed by atoms with E-state index >= 15 is 0 Å². The van der Waals surface area contributed by atoms with Crippen molar-refractivity contribution in [3.05, 3.63) is 65.1 Å². The summed E-state index contributed by atoms with van der Waals surface area (Å²) in [6.45, 7) is 7.21. The van der Waals surface area contributed by atoms with Gasteiger partial charge in [-0.15, -0.1) is 0 Å². The second-order valence-corrected chi connectivity index (χ2v) is 11.3. The molecule has 3 aromatic rings. The number of methoxy groups -OCH3 is 1. The van der Waals surface area contributed by atoms with Gasteiger partial charge in [0, 0.05) is 48.2 Å². The van der Waals surface area contributed by atoms with Gasteiger partial charge < -0.3 is 35.6 Å². The van der Waals surface area contributed by atoms with E-state index in [4.69, 9.17) is 16.3 Å². The maximum atomic E-state index is 14.3. The van der Waals surface area contributed by atoms with Crippen LogP contribution in [0, 0.1) is 5.82 Å². The van der Waals surface area contributed by atoms with Crippen molar-refractivity contribution in [1.82, 2.24) is 14.9 Å². The Morgan fingerprint density at radius 3 is 2.60 bits per heavy atom. The number of hydrogen-bond donors (Lipinski definition) is 4. The summed E-state index contributed by atoms with van der Waals surface area (Å²) in [4.78, 5) is 25.4. The van der Waals surface area contributed by atoms with Gasteiger partial charge in [0.25, 0.3) is 0 Å². The molecule has 1 aliphatic rings. The van der Waals surface area contributed by atoms with E-state index in [0.29, 0.717) is 23.2 Å². The first-order valence-electron chi connectivity index (χ1n) is 13.6. The number of carbonyl (C=O) groups excluding carboxylic acids is 1. The highest BCUT2D eigenvalue weighted by Gasteiger charge is 2.28. The van der Waals surface area contributed by atoms with Crippen molar-refractivity contribution in [3.63, 3.8) is 0 Å². The number of ether oxygens (including phenoxy) is 1. The highest BCUT2D eigenvalue weighted by Crippen LogP contribution is 2.40. The zero-order valence-electron chi connectivity index (χ0n) is 24.8. The minimum absolute atomic E-state index is 0.0794. The Balaban J connectivity index is 1.72. The summed E-state index contributed by atoms with van der Waals surface area (Å²) in [5.74, 6) is -0.464. The van der Waals surface area contributed by atoms with Gasteiger partial charge in [0.1, 0.15) is 24.1 Å². The standard InChI is InChI=1S/C30H36ClF2N7O3/c1-7-27(41)35-23-12-24(26(43-6)13-25(23)40-9-8-18(16-40)39(4)5)37-29-34-15-17(14-32)28(38-29)36-22-11-20(31)21(33)10-19(22)30(2,3)42/h7,10-13,15,18,42H,1,8-9,14,16H2,2-6H3,(H,35,41)(H2,34,36,37,38)/t18-/m1/s1. The monoisotopic (exact) mass is 615 g/mol. The first kappa shape index (κ1) is 31.9.